The maximum absolute atomic E-state index is 5.78. The lowest BCUT2D eigenvalue weighted by Gasteiger charge is -2.02. The summed E-state index contributed by atoms with van der Waals surface area (Å²) in [5, 5.41) is 3.02. The Morgan fingerprint density at radius 3 is 2.47 bits per heavy atom. The van der Waals surface area contributed by atoms with Gasteiger partial charge in [0.1, 0.15) is 0 Å². The molecule has 0 amide bonds. The first-order valence-corrected chi connectivity index (χ1v) is 4.82. The van der Waals surface area contributed by atoms with Crippen molar-refractivity contribution in [1.29, 1.82) is 0 Å². The zero-order valence-corrected chi connectivity index (χ0v) is 8.86. The molecular formula is C10H9ClN4. The summed E-state index contributed by atoms with van der Waals surface area (Å²) in [5.74, 6) is 1.04. The molecule has 0 radical (unpaired) electrons. The number of nitrogens with zero attached hydrogens (tertiary/aromatic N) is 3. The summed E-state index contributed by atoms with van der Waals surface area (Å²) in [6, 6.07) is 9.62. The number of halogens is 1. The number of rotatable bonds is 2. The summed E-state index contributed by atoms with van der Waals surface area (Å²) in [6.07, 6.45) is 0. The number of hydrogen-bond acceptors (Lipinski definition) is 4. The largest absolute Gasteiger partial charge is 0.357 e. The minimum atomic E-state index is 0.188. The Labute approximate surface area is 92.4 Å². The van der Waals surface area contributed by atoms with E-state index in [1.54, 1.807) is 7.05 Å². The SMILES string of the molecule is CNc1nc(Cl)nc(-c2ccccc2)n1. The van der Waals surface area contributed by atoms with Crippen LogP contribution in [0.15, 0.2) is 30.3 Å². The van der Waals surface area contributed by atoms with Crippen molar-refractivity contribution < 1.29 is 0 Å². The molecule has 0 saturated heterocycles. The van der Waals surface area contributed by atoms with E-state index in [9.17, 15) is 0 Å². The van der Waals surface area contributed by atoms with Gasteiger partial charge < -0.3 is 5.32 Å². The lowest BCUT2D eigenvalue weighted by molar-refractivity contribution is 1.05. The molecule has 0 unspecified atom stereocenters. The van der Waals surface area contributed by atoms with E-state index in [1.165, 1.54) is 0 Å². The maximum Gasteiger partial charge on any atom is 0.227 e. The van der Waals surface area contributed by atoms with Gasteiger partial charge in [0.05, 0.1) is 0 Å². The molecule has 76 valence electrons. The van der Waals surface area contributed by atoms with Crippen molar-refractivity contribution in [2.24, 2.45) is 0 Å². The third-order valence-corrected chi connectivity index (χ3v) is 2.03. The predicted molar refractivity (Wildman–Crippen MR) is 59.8 cm³/mol. The molecule has 1 N–H and O–H groups in total. The molecule has 4 nitrogen and oxygen atoms in total. The van der Waals surface area contributed by atoms with Gasteiger partial charge >= 0.3 is 0 Å². The van der Waals surface area contributed by atoms with E-state index in [-0.39, 0.29) is 5.28 Å². The van der Waals surface area contributed by atoms with E-state index in [0.717, 1.165) is 5.56 Å². The Bertz CT molecular complexity index is 458. The van der Waals surface area contributed by atoms with Crippen LogP contribution < -0.4 is 5.32 Å². The van der Waals surface area contributed by atoms with Gasteiger partial charge in [-0.05, 0) is 11.6 Å². The van der Waals surface area contributed by atoms with Crippen LogP contribution in [0.4, 0.5) is 5.95 Å². The van der Waals surface area contributed by atoms with Crippen LogP contribution in [0.1, 0.15) is 0 Å². The number of hydrogen-bond donors (Lipinski definition) is 1. The fourth-order valence-corrected chi connectivity index (χ4v) is 1.34. The van der Waals surface area contributed by atoms with Gasteiger partial charge in [-0.25, -0.2) is 0 Å². The van der Waals surface area contributed by atoms with Crippen molar-refractivity contribution in [3.8, 4) is 11.4 Å². The third-order valence-electron chi connectivity index (χ3n) is 1.86. The highest BCUT2D eigenvalue weighted by atomic mass is 35.5. The Morgan fingerprint density at radius 1 is 1.07 bits per heavy atom. The number of aromatic nitrogens is 3. The first kappa shape index (κ1) is 9.86. The van der Waals surface area contributed by atoms with Crippen molar-refractivity contribution in [1.82, 2.24) is 15.0 Å². The Hall–Kier alpha value is -1.68. The van der Waals surface area contributed by atoms with Crippen molar-refractivity contribution >= 4 is 17.5 Å². The molecule has 1 aromatic carbocycles. The van der Waals surface area contributed by atoms with Gasteiger partial charge in [0, 0.05) is 12.6 Å². The summed E-state index contributed by atoms with van der Waals surface area (Å²) in [7, 11) is 1.74. The summed E-state index contributed by atoms with van der Waals surface area (Å²) < 4.78 is 0. The van der Waals surface area contributed by atoms with E-state index < -0.39 is 0 Å². The standard InChI is InChI=1S/C10H9ClN4/c1-12-10-14-8(13-9(11)15-10)7-5-3-2-4-6-7/h2-6H,1H3,(H,12,13,14,15). The molecular weight excluding hydrogens is 212 g/mol. The van der Waals surface area contributed by atoms with Crippen LogP contribution in [0.3, 0.4) is 0 Å². The second-order valence-electron chi connectivity index (χ2n) is 2.87. The molecule has 1 heterocycles. The van der Waals surface area contributed by atoms with E-state index in [0.29, 0.717) is 11.8 Å². The van der Waals surface area contributed by atoms with Gasteiger partial charge in [0.15, 0.2) is 5.82 Å². The first-order valence-electron chi connectivity index (χ1n) is 4.44. The minimum absolute atomic E-state index is 0.188. The quantitative estimate of drug-likeness (QED) is 0.843. The molecule has 1 aromatic heterocycles. The molecule has 0 saturated carbocycles. The van der Waals surface area contributed by atoms with Crippen molar-refractivity contribution in [2.75, 3.05) is 12.4 Å². The highest BCUT2D eigenvalue weighted by Crippen LogP contribution is 2.16. The molecule has 0 atom stereocenters. The molecule has 15 heavy (non-hydrogen) atoms. The van der Waals surface area contributed by atoms with Crippen LogP contribution >= 0.6 is 11.6 Å². The van der Waals surface area contributed by atoms with E-state index in [2.05, 4.69) is 20.3 Å². The van der Waals surface area contributed by atoms with Crippen LogP contribution in [0.5, 0.6) is 0 Å². The molecule has 2 rings (SSSR count). The highest BCUT2D eigenvalue weighted by molar-refractivity contribution is 6.28. The molecule has 5 heteroatoms. The van der Waals surface area contributed by atoms with Crippen LogP contribution in [0.2, 0.25) is 5.28 Å². The molecule has 0 aliphatic rings. The lowest BCUT2D eigenvalue weighted by atomic mass is 10.2. The Balaban J connectivity index is 2.49. The average Bonchev–Trinajstić information content (AvgIpc) is 2.29. The van der Waals surface area contributed by atoms with Gasteiger partial charge in [0.2, 0.25) is 11.2 Å². The summed E-state index contributed by atoms with van der Waals surface area (Å²) >= 11 is 5.78. The normalized spacial score (nSPS) is 10.0. The van der Waals surface area contributed by atoms with Crippen molar-refractivity contribution in [2.45, 2.75) is 0 Å². The molecule has 2 aromatic rings. The van der Waals surface area contributed by atoms with Crippen LogP contribution in [0, 0.1) is 0 Å². The van der Waals surface area contributed by atoms with Crippen molar-refractivity contribution in [3.05, 3.63) is 35.6 Å². The molecule has 0 fully saturated rings. The second-order valence-corrected chi connectivity index (χ2v) is 3.21. The Kier molecular flexibility index (Phi) is 2.78. The number of anilines is 1. The average molecular weight is 221 g/mol. The minimum Gasteiger partial charge on any atom is -0.357 e. The topological polar surface area (TPSA) is 50.7 Å². The van der Waals surface area contributed by atoms with Crippen molar-refractivity contribution in [3.63, 3.8) is 0 Å². The van der Waals surface area contributed by atoms with Gasteiger partial charge in [-0.1, -0.05) is 30.3 Å². The van der Waals surface area contributed by atoms with Crippen LogP contribution in [0.25, 0.3) is 11.4 Å². The first-order chi connectivity index (χ1) is 7.29. The van der Waals surface area contributed by atoms with Crippen LogP contribution in [-0.2, 0) is 0 Å². The van der Waals surface area contributed by atoms with Gasteiger partial charge in [-0.15, -0.1) is 0 Å². The molecule has 0 bridgehead atoms. The van der Waals surface area contributed by atoms with Gasteiger partial charge in [0.25, 0.3) is 0 Å². The van der Waals surface area contributed by atoms with E-state index in [4.69, 9.17) is 11.6 Å². The fourth-order valence-electron chi connectivity index (χ4n) is 1.18. The molecule has 0 spiro atoms. The summed E-state index contributed by atoms with van der Waals surface area (Å²) in [4.78, 5) is 12.2. The third kappa shape index (κ3) is 2.22. The van der Waals surface area contributed by atoms with Crippen LogP contribution in [-0.4, -0.2) is 22.0 Å². The monoisotopic (exact) mass is 220 g/mol. The zero-order valence-electron chi connectivity index (χ0n) is 8.11. The summed E-state index contributed by atoms with van der Waals surface area (Å²) in [6.45, 7) is 0. The lowest BCUT2D eigenvalue weighted by Crippen LogP contribution is -2.00. The van der Waals surface area contributed by atoms with Gasteiger partial charge in [-0.2, -0.15) is 15.0 Å². The molecule has 0 aliphatic carbocycles. The van der Waals surface area contributed by atoms with E-state index in [1.807, 2.05) is 30.3 Å². The summed E-state index contributed by atoms with van der Waals surface area (Å²) in [5.41, 5.74) is 0.915. The maximum atomic E-state index is 5.78. The van der Waals surface area contributed by atoms with Gasteiger partial charge in [-0.3, -0.25) is 0 Å². The smallest absolute Gasteiger partial charge is 0.227 e. The second kappa shape index (κ2) is 4.23. The molecule has 0 aliphatic heterocycles. The Morgan fingerprint density at radius 2 is 1.80 bits per heavy atom. The highest BCUT2D eigenvalue weighted by Gasteiger charge is 2.05. The number of benzene rings is 1. The zero-order chi connectivity index (χ0) is 10.7. The van der Waals surface area contributed by atoms with E-state index >= 15 is 0 Å². The predicted octanol–water partition coefficient (Wildman–Crippen LogP) is 2.23. The fraction of sp³-hybridized carbons (Fsp3) is 0.100. The number of nitrogens with one attached hydrogen (secondary N) is 1.